The lowest BCUT2D eigenvalue weighted by Gasteiger charge is -2.24. The van der Waals surface area contributed by atoms with Gasteiger partial charge in [-0.25, -0.2) is 0 Å². The lowest BCUT2D eigenvalue weighted by Crippen LogP contribution is -2.26. The van der Waals surface area contributed by atoms with Crippen LogP contribution in [0.15, 0.2) is 42.5 Å². The Labute approximate surface area is 124 Å². The second kappa shape index (κ2) is 7.09. The highest BCUT2D eigenvalue weighted by Crippen LogP contribution is 2.35. The summed E-state index contributed by atoms with van der Waals surface area (Å²) in [5.41, 5.74) is 1.36. The average Bonchev–Trinajstić information content (AvgIpc) is 2.86. The Hall–Kier alpha value is -0.830. The molecule has 2 rings (SSSR count). The Bertz CT molecular complexity index is 494. The third-order valence-electron chi connectivity index (χ3n) is 3.34. The molecule has 0 spiro atoms. The number of hydrogen-bond acceptors (Lipinski definition) is 2. The quantitative estimate of drug-likeness (QED) is 0.767. The lowest BCUT2D eigenvalue weighted by atomic mass is 9.92. The van der Waals surface area contributed by atoms with Crippen LogP contribution in [0.3, 0.4) is 0 Å². The van der Waals surface area contributed by atoms with Gasteiger partial charge in [-0.2, -0.15) is 0 Å². The molecule has 3 heteroatoms. The summed E-state index contributed by atoms with van der Waals surface area (Å²) < 4.78 is 0.860. The van der Waals surface area contributed by atoms with Crippen molar-refractivity contribution >= 4 is 22.9 Å². The Morgan fingerprint density at radius 1 is 1.16 bits per heavy atom. The number of hydrogen-bond donors (Lipinski definition) is 1. The van der Waals surface area contributed by atoms with Gasteiger partial charge in [0.05, 0.1) is 4.34 Å². The van der Waals surface area contributed by atoms with Crippen LogP contribution >= 0.6 is 22.9 Å². The predicted molar refractivity (Wildman–Crippen MR) is 85.2 cm³/mol. The minimum Gasteiger partial charge on any atom is -0.309 e. The first-order valence-corrected chi connectivity index (χ1v) is 7.95. The molecule has 2 atom stereocenters. The smallest absolute Gasteiger partial charge is 0.0931 e. The van der Waals surface area contributed by atoms with Crippen LogP contribution in [0.2, 0.25) is 4.34 Å². The largest absolute Gasteiger partial charge is 0.309 e. The highest BCUT2D eigenvalue weighted by atomic mass is 35.5. The molecule has 1 aromatic heterocycles. The first-order chi connectivity index (χ1) is 9.22. The van der Waals surface area contributed by atoms with Crippen molar-refractivity contribution in [1.82, 2.24) is 5.32 Å². The van der Waals surface area contributed by atoms with Crippen LogP contribution in [0.1, 0.15) is 42.7 Å². The van der Waals surface area contributed by atoms with Crippen molar-refractivity contribution in [2.24, 2.45) is 0 Å². The molecule has 0 saturated heterocycles. The predicted octanol–water partition coefficient (Wildman–Crippen LogP) is 5.25. The highest BCUT2D eigenvalue weighted by Gasteiger charge is 2.21. The highest BCUT2D eigenvalue weighted by molar-refractivity contribution is 7.16. The van der Waals surface area contributed by atoms with Gasteiger partial charge in [-0.3, -0.25) is 0 Å². The van der Waals surface area contributed by atoms with E-state index in [0.717, 1.165) is 17.3 Å². The molecule has 0 saturated carbocycles. The van der Waals surface area contributed by atoms with Crippen molar-refractivity contribution < 1.29 is 0 Å². The van der Waals surface area contributed by atoms with Crippen LogP contribution < -0.4 is 5.32 Å². The fraction of sp³-hybridized carbons (Fsp3) is 0.375. The molecule has 0 aliphatic heterocycles. The van der Waals surface area contributed by atoms with Gasteiger partial charge < -0.3 is 5.32 Å². The molecule has 0 bridgehead atoms. The fourth-order valence-electron chi connectivity index (χ4n) is 2.27. The van der Waals surface area contributed by atoms with Crippen LogP contribution in [0, 0.1) is 0 Å². The van der Waals surface area contributed by atoms with Crippen molar-refractivity contribution in [2.75, 3.05) is 6.54 Å². The van der Waals surface area contributed by atoms with Gasteiger partial charge in [0.1, 0.15) is 0 Å². The molecule has 1 N–H and O–H groups in total. The summed E-state index contributed by atoms with van der Waals surface area (Å²) in [5.74, 6) is 0.433. The minimum atomic E-state index is 0.333. The maximum atomic E-state index is 6.08. The molecule has 102 valence electrons. The topological polar surface area (TPSA) is 12.0 Å². The first-order valence-electron chi connectivity index (χ1n) is 6.76. The van der Waals surface area contributed by atoms with Crippen LogP contribution in [0.25, 0.3) is 0 Å². The van der Waals surface area contributed by atoms with Crippen LogP contribution in [0.5, 0.6) is 0 Å². The zero-order valence-corrected chi connectivity index (χ0v) is 13.0. The maximum absolute atomic E-state index is 6.08. The van der Waals surface area contributed by atoms with E-state index < -0.39 is 0 Å². The molecule has 1 aromatic carbocycles. The maximum Gasteiger partial charge on any atom is 0.0931 e. The van der Waals surface area contributed by atoms with Gasteiger partial charge >= 0.3 is 0 Å². The molecular formula is C16H20ClNS. The zero-order chi connectivity index (χ0) is 13.7. The second-order valence-electron chi connectivity index (χ2n) is 4.77. The van der Waals surface area contributed by atoms with E-state index in [-0.39, 0.29) is 0 Å². The van der Waals surface area contributed by atoms with E-state index in [9.17, 15) is 0 Å². The van der Waals surface area contributed by atoms with Gasteiger partial charge in [0.2, 0.25) is 0 Å². The van der Waals surface area contributed by atoms with Crippen molar-refractivity contribution in [3.05, 3.63) is 57.2 Å². The molecule has 0 aliphatic carbocycles. The summed E-state index contributed by atoms with van der Waals surface area (Å²) in [5, 5.41) is 3.65. The second-order valence-corrected chi connectivity index (χ2v) is 6.52. The third-order valence-corrected chi connectivity index (χ3v) is 4.65. The number of nitrogens with one attached hydrogen (secondary N) is 1. The SMILES string of the molecule is CCCNC(c1ccc(Cl)s1)C(C)c1ccccc1. The third kappa shape index (κ3) is 3.82. The normalized spacial score (nSPS) is 14.3. The molecule has 1 nitrogen and oxygen atoms in total. The monoisotopic (exact) mass is 293 g/mol. The van der Waals surface area contributed by atoms with Gasteiger partial charge in [0.15, 0.2) is 0 Å². The van der Waals surface area contributed by atoms with Gasteiger partial charge in [-0.05, 0) is 30.7 Å². The van der Waals surface area contributed by atoms with Gasteiger partial charge in [0.25, 0.3) is 0 Å². The fourth-order valence-corrected chi connectivity index (χ4v) is 3.51. The Morgan fingerprint density at radius 3 is 2.47 bits per heavy atom. The standard InChI is InChI=1S/C16H20ClNS/c1-3-11-18-16(14-9-10-15(17)19-14)12(2)13-7-5-4-6-8-13/h4-10,12,16,18H,3,11H2,1-2H3. The Morgan fingerprint density at radius 2 is 1.89 bits per heavy atom. The molecule has 2 unspecified atom stereocenters. The summed E-state index contributed by atoms with van der Waals surface area (Å²) in [4.78, 5) is 1.31. The summed E-state index contributed by atoms with van der Waals surface area (Å²) in [6.07, 6.45) is 1.14. The molecule has 0 amide bonds. The average molecular weight is 294 g/mol. The van der Waals surface area contributed by atoms with Crippen LogP contribution in [0.4, 0.5) is 0 Å². The summed E-state index contributed by atoms with van der Waals surface area (Å²) in [6, 6.07) is 15.1. The van der Waals surface area contributed by atoms with Crippen molar-refractivity contribution in [2.45, 2.75) is 32.2 Å². The van der Waals surface area contributed by atoms with Crippen molar-refractivity contribution in [3.63, 3.8) is 0 Å². The molecule has 19 heavy (non-hydrogen) atoms. The van der Waals surface area contributed by atoms with E-state index in [0.29, 0.717) is 12.0 Å². The Kier molecular flexibility index (Phi) is 5.44. The van der Waals surface area contributed by atoms with E-state index >= 15 is 0 Å². The summed E-state index contributed by atoms with van der Waals surface area (Å²) >= 11 is 7.75. The molecule has 1 heterocycles. The van der Waals surface area contributed by atoms with E-state index in [1.54, 1.807) is 11.3 Å². The molecule has 0 radical (unpaired) electrons. The van der Waals surface area contributed by atoms with Crippen LogP contribution in [-0.4, -0.2) is 6.54 Å². The van der Waals surface area contributed by atoms with Gasteiger partial charge in [0, 0.05) is 16.8 Å². The van der Waals surface area contributed by atoms with E-state index in [2.05, 4.69) is 55.6 Å². The molecule has 0 aliphatic rings. The number of halogens is 1. The van der Waals surface area contributed by atoms with E-state index in [4.69, 9.17) is 11.6 Å². The van der Waals surface area contributed by atoms with Crippen molar-refractivity contribution in [1.29, 1.82) is 0 Å². The van der Waals surface area contributed by atoms with E-state index in [1.807, 2.05) is 6.07 Å². The number of rotatable bonds is 6. The van der Waals surface area contributed by atoms with Gasteiger partial charge in [-0.15, -0.1) is 11.3 Å². The summed E-state index contributed by atoms with van der Waals surface area (Å²) in [7, 11) is 0. The minimum absolute atomic E-state index is 0.333. The Balaban J connectivity index is 2.22. The van der Waals surface area contributed by atoms with Crippen LogP contribution in [-0.2, 0) is 0 Å². The van der Waals surface area contributed by atoms with Crippen molar-refractivity contribution in [3.8, 4) is 0 Å². The van der Waals surface area contributed by atoms with E-state index in [1.165, 1.54) is 10.4 Å². The molecule has 2 aromatic rings. The first kappa shape index (κ1) is 14.6. The zero-order valence-electron chi connectivity index (χ0n) is 11.4. The molecular weight excluding hydrogens is 274 g/mol. The summed E-state index contributed by atoms with van der Waals surface area (Å²) in [6.45, 7) is 5.49. The molecule has 0 fully saturated rings. The number of thiophene rings is 1. The lowest BCUT2D eigenvalue weighted by molar-refractivity contribution is 0.473. The number of benzene rings is 1. The van der Waals surface area contributed by atoms with Gasteiger partial charge in [-0.1, -0.05) is 55.8 Å².